The molecule has 0 aliphatic carbocycles. The van der Waals surface area contributed by atoms with Gasteiger partial charge in [-0.25, -0.2) is 0 Å². The highest BCUT2D eigenvalue weighted by atomic mass is 16.8. The van der Waals surface area contributed by atoms with Gasteiger partial charge in [-0.2, -0.15) is 0 Å². The summed E-state index contributed by atoms with van der Waals surface area (Å²) in [4.78, 5) is 15.2. The Balaban J connectivity index is 1.21. The quantitative estimate of drug-likeness (QED) is 0.586. The van der Waals surface area contributed by atoms with Crippen LogP contribution in [0.4, 0.5) is 0 Å². The number of rotatable bonds is 7. The molecule has 0 aromatic heterocycles. The molecule has 0 saturated carbocycles. The Morgan fingerprint density at radius 3 is 2.24 bits per heavy atom. The fourth-order valence-corrected chi connectivity index (χ4v) is 5.82. The van der Waals surface area contributed by atoms with Crippen molar-refractivity contribution in [3.8, 4) is 0 Å². The van der Waals surface area contributed by atoms with E-state index in [1.807, 2.05) is 79.4 Å². The first-order valence-electron chi connectivity index (χ1n) is 12.1. The molecule has 1 amide bonds. The van der Waals surface area contributed by atoms with Crippen LogP contribution in [0.25, 0.3) is 0 Å². The molecule has 7 atom stereocenters. The van der Waals surface area contributed by atoms with Crippen LogP contribution in [-0.4, -0.2) is 66.3 Å². The number of β-lactam (4-membered cyclic amide) rings is 1. The van der Waals surface area contributed by atoms with Crippen molar-refractivity contribution in [2.75, 3.05) is 13.2 Å². The topological polar surface area (TPSA) is 66.5 Å². The Hall–Kier alpha value is -2.29. The Kier molecular flexibility index (Phi) is 5.70. The predicted molar refractivity (Wildman–Crippen MR) is 123 cm³/mol. The SMILES string of the molecule is CC1(C)O[C@H]2[C@@H]([C@@H]3C(=O)N4C[C@H](OCc5ccccc5)[C@@H](OCc5ccccc5)[C@H]34)OC[C@H]2O1. The summed E-state index contributed by atoms with van der Waals surface area (Å²) in [5.74, 6) is -0.897. The van der Waals surface area contributed by atoms with Gasteiger partial charge < -0.3 is 28.6 Å². The molecule has 4 aliphatic rings. The zero-order valence-electron chi connectivity index (χ0n) is 19.5. The monoisotopic (exact) mass is 465 g/mol. The molecule has 0 radical (unpaired) electrons. The van der Waals surface area contributed by atoms with Crippen molar-refractivity contribution in [2.24, 2.45) is 5.92 Å². The number of hydrogen-bond acceptors (Lipinski definition) is 6. The Morgan fingerprint density at radius 2 is 1.56 bits per heavy atom. The minimum atomic E-state index is -0.663. The molecule has 4 aliphatic heterocycles. The standard InChI is InChI=1S/C27H31NO6/c1-27(2)33-20-16-32-25(24(20)34-27)21-22-23(31-15-18-11-7-4-8-12-18)19(13-28(22)26(21)29)30-14-17-9-5-3-6-10-17/h3-12,19-25H,13-16H2,1-2H3/t19-,20+,21+,22-,23+,24+,25+/m0/s1. The van der Waals surface area contributed by atoms with E-state index >= 15 is 0 Å². The average molecular weight is 466 g/mol. The van der Waals surface area contributed by atoms with Gasteiger partial charge in [-0.15, -0.1) is 0 Å². The van der Waals surface area contributed by atoms with E-state index in [2.05, 4.69) is 0 Å². The summed E-state index contributed by atoms with van der Waals surface area (Å²) in [7, 11) is 0. The summed E-state index contributed by atoms with van der Waals surface area (Å²) in [5, 5.41) is 0. The normalized spacial score (nSPS) is 35.8. The molecule has 7 heteroatoms. The molecule has 4 fully saturated rings. The minimum absolute atomic E-state index is 0.0862. The highest BCUT2D eigenvalue weighted by molar-refractivity contribution is 5.88. The molecule has 0 bridgehead atoms. The van der Waals surface area contributed by atoms with Crippen molar-refractivity contribution < 1.29 is 28.5 Å². The van der Waals surface area contributed by atoms with Crippen LogP contribution in [0, 0.1) is 5.92 Å². The second-order valence-electron chi connectivity index (χ2n) is 10.0. The van der Waals surface area contributed by atoms with E-state index in [0.717, 1.165) is 11.1 Å². The van der Waals surface area contributed by atoms with Crippen LogP contribution in [0.1, 0.15) is 25.0 Å². The van der Waals surface area contributed by atoms with E-state index in [9.17, 15) is 4.79 Å². The third-order valence-corrected chi connectivity index (χ3v) is 7.32. The van der Waals surface area contributed by atoms with E-state index < -0.39 is 5.79 Å². The number of amides is 1. The van der Waals surface area contributed by atoms with E-state index in [0.29, 0.717) is 26.4 Å². The third kappa shape index (κ3) is 3.95. The number of benzene rings is 2. The molecular formula is C27H31NO6. The first-order valence-corrected chi connectivity index (χ1v) is 12.1. The summed E-state index contributed by atoms with van der Waals surface area (Å²) < 4.78 is 31.0. The van der Waals surface area contributed by atoms with Crippen LogP contribution in [0.2, 0.25) is 0 Å². The molecule has 0 unspecified atom stereocenters. The summed E-state index contributed by atoms with van der Waals surface area (Å²) >= 11 is 0. The van der Waals surface area contributed by atoms with Gasteiger partial charge >= 0.3 is 0 Å². The van der Waals surface area contributed by atoms with E-state index in [-0.39, 0.29) is 48.4 Å². The number of carbonyl (C=O) groups excluding carboxylic acids is 1. The van der Waals surface area contributed by atoms with E-state index in [1.54, 1.807) is 0 Å². The van der Waals surface area contributed by atoms with Crippen molar-refractivity contribution in [3.63, 3.8) is 0 Å². The Labute approximate surface area is 199 Å². The number of carbonyl (C=O) groups is 1. The van der Waals surface area contributed by atoms with Crippen LogP contribution in [0.15, 0.2) is 60.7 Å². The number of hydrogen-bond donors (Lipinski definition) is 0. The largest absolute Gasteiger partial charge is 0.372 e. The van der Waals surface area contributed by atoms with Crippen LogP contribution < -0.4 is 0 Å². The van der Waals surface area contributed by atoms with Crippen molar-refractivity contribution in [2.45, 2.75) is 69.4 Å². The second-order valence-corrected chi connectivity index (χ2v) is 10.0. The third-order valence-electron chi connectivity index (χ3n) is 7.32. The van der Waals surface area contributed by atoms with E-state index in [4.69, 9.17) is 23.7 Å². The first kappa shape index (κ1) is 22.2. The zero-order chi connectivity index (χ0) is 23.3. The van der Waals surface area contributed by atoms with Gasteiger partial charge in [0.05, 0.1) is 31.8 Å². The maximum Gasteiger partial charge on any atom is 0.231 e. The fraction of sp³-hybridized carbons (Fsp3) is 0.519. The molecule has 34 heavy (non-hydrogen) atoms. The van der Waals surface area contributed by atoms with Gasteiger partial charge in [0.1, 0.15) is 30.5 Å². The molecule has 0 spiro atoms. The molecule has 0 N–H and O–H groups in total. The molecule has 180 valence electrons. The second kappa shape index (κ2) is 8.73. The number of nitrogens with zero attached hydrogens (tertiary/aromatic N) is 1. The predicted octanol–water partition coefficient (Wildman–Crippen LogP) is 2.92. The minimum Gasteiger partial charge on any atom is -0.372 e. The van der Waals surface area contributed by atoms with Gasteiger partial charge in [0.2, 0.25) is 5.91 Å². The van der Waals surface area contributed by atoms with Gasteiger partial charge in [-0.1, -0.05) is 60.7 Å². The molecule has 4 saturated heterocycles. The molecule has 2 aromatic rings. The molecule has 6 rings (SSSR count). The highest BCUT2D eigenvalue weighted by Crippen LogP contribution is 2.47. The zero-order valence-corrected chi connectivity index (χ0v) is 19.5. The van der Waals surface area contributed by atoms with Crippen LogP contribution in [-0.2, 0) is 41.7 Å². The number of fused-ring (bicyclic) bond motifs is 2. The van der Waals surface area contributed by atoms with Gasteiger partial charge in [-0.3, -0.25) is 4.79 Å². The fourth-order valence-electron chi connectivity index (χ4n) is 5.82. The van der Waals surface area contributed by atoms with Crippen LogP contribution in [0.5, 0.6) is 0 Å². The number of ether oxygens (including phenoxy) is 5. The van der Waals surface area contributed by atoms with Crippen LogP contribution in [0.3, 0.4) is 0 Å². The summed E-state index contributed by atoms with van der Waals surface area (Å²) in [6.45, 7) is 5.73. The van der Waals surface area contributed by atoms with Gasteiger partial charge in [0, 0.05) is 6.54 Å². The molecule has 2 aromatic carbocycles. The van der Waals surface area contributed by atoms with Crippen molar-refractivity contribution in [1.29, 1.82) is 0 Å². The summed E-state index contributed by atoms with van der Waals surface area (Å²) in [6, 6.07) is 20.1. The summed E-state index contributed by atoms with van der Waals surface area (Å²) in [5.41, 5.74) is 2.19. The lowest BCUT2D eigenvalue weighted by molar-refractivity contribution is -0.199. The summed E-state index contributed by atoms with van der Waals surface area (Å²) in [6.07, 6.45) is -1.18. The maximum absolute atomic E-state index is 13.3. The smallest absolute Gasteiger partial charge is 0.231 e. The lowest BCUT2D eigenvalue weighted by Gasteiger charge is -2.47. The van der Waals surface area contributed by atoms with Gasteiger partial charge in [0.25, 0.3) is 0 Å². The first-order chi connectivity index (χ1) is 16.5. The molecule has 7 nitrogen and oxygen atoms in total. The average Bonchev–Trinajstić information content (AvgIpc) is 3.46. The Morgan fingerprint density at radius 1 is 0.912 bits per heavy atom. The van der Waals surface area contributed by atoms with Gasteiger partial charge in [0.15, 0.2) is 5.79 Å². The Bertz CT molecular complexity index is 1010. The van der Waals surface area contributed by atoms with Crippen molar-refractivity contribution >= 4 is 5.91 Å². The lowest BCUT2D eigenvalue weighted by Crippen LogP contribution is -2.66. The van der Waals surface area contributed by atoms with Crippen LogP contribution >= 0.6 is 0 Å². The lowest BCUT2D eigenvalue weighted by atomic mass is 9.80. The maximum atomic E-state index is 13.3. The van der Waals surface area contributed by atoms with Gasteiger partial charge in [-0.05, 0) is 25.0 Å². The van der Waals surface area contributed by atoms with E-state index in [1.165, 1.54) is 0 Å². The molecular weight excluding hydrogens is 434 g/mol. The highest BCUT2D eigenvalue weighted by Gasteiger charge is 2.66. The van der Waals surface area contributed by atoms with Crippen molar-refractivity contribution in [1.82, 2.24) is 4.90 Å². The molecule has 4 heterocycles. The van der Waals surface area contributed by atoms with Crippen molar-refractivity contribution in [3.05, 3.63) is 71.8 Å².